The second kappa shape index (κ2) is 17.0. The second-order valence-electron chi connectivity index (χ2n) is 0.322. The molecule has 3 heteroatoms. The van der Waals surface area contributed by atoms with Crippen molar-refractivity contribution < 1.29 is 48.2 Å². The molecule has 1 nitrogen and oxygen atoms in total. The Morgan fingerprint density at radius 1 is 1.50 bits per heavy atom. The molecule has 0 N–H and O–H groups in total. The van der Waals surface area contributed by atoms with Crippen molar-refractivity contribution in [3.8, 4) is 0 Å². The summed E-state index contributed by atoms with van der Waals surface area (Å²) in [5, 5.41) is 0. The molecule has 0 bridgehead atoms. The minimum Gasteiger partial charge on any atom is -0.419 e. The molecule has 0 aromatic rings. The fourth-order valence-corrected chi connectivity index (χ4v) is 0. The molecule has 0 aliphatic heterocycles. The molecule has 0 saturated heterocycles. The van der Waals surface area contributed by atoms with E-state index in [1.54, 1.807) is 0 Å². The Balaban J connectivity index is -0.0000000450. The number of hydrogen-bond acceptors (Lipinski definition) is 1. The van der Waals surface area contributed by atoms with Crippen LogP contribution >= 0.6 is 0 Å². The second-order valence-corrected chi connectivity index (χ2v) is 0.322. The molecule has 0 rings (SSSR count). The van der Waals surface area contributed by atoms with Crippen LogP contribution in [0, 0.1) is 0 Å². The van der Waals surface area contributed by atoms with Gasteiger partial charge in [0.15, 0.2) is 0 Å². The molecule has 6 heavy (non-hydrogen) atoms. The van der Waals surface area contributed by atoms with Gasteiger partial charge < -0.3 is 4.79 Å². The molecule has 0 unspecified atom stereocenters. The zero-order chi connectivity index (χ0) is 3.41. The summed E-state index contributed by atoms with van der Waals surface area (Å²) in [7, 11) is 0. The molecule has 0 amide bonds. The van der Waals surface area contributed by atoms with Crippen molar-refractivity contribution in [3.05, 3.63) is 12.7 Å². The van der Waals surface area contributed by atoms with Gasteiger partial charge in [-0.2, -0.15) is 0 Å². The molecule has 0 heterocycles. The van der Waals surface area contributed by atoms with E-state index in [1.165, 1.54) is 6.29 Å². The van der Waals surface area contributed by atoms with Crippen molar-refractivity contribution in [1.29, 1.82) is 0 Å². The van der Waals surface area contributed by atoms with Gasteiger partial charge in [-0.05, 0) is 6.29 Å². The number of allylic oxidation sites excluding steroid dienone is 1. The van der Waals surface area contributed by atoms with Gasteiger partial charge >= 0.3 is 0 Å². The summed E-state index contributed by atoms with van der Waals surface area (Å²) in [5.41, 5.74) is 0. The molecule has 0 saturated carbocycles. The Morgan fingerprint density at radius 3 is 1.67 bits per heavy atom. The zero-order valence-electron chi connectivity index (χ0n) is 3.19. The molecule has 0 fully saturated rings. The quantitative estimate of drug-likeness (QED) is 0.298. The van der Waals surface area contributed by atoms with Crippen LogP contribution in [0.4, 0.5) is 0 Å². The number of carbonyl (C=O) groups excluding carboxylic acids is 1. The number of rotatable bonds is 1. The van der Waals surface area contributed by atoms with E-state index >= 15 is 0 Å². The standard InChI is InChI=1S/C3H3O.2Ti/c1-2-3-4;;/h2H,1H2;;/q-1;;. The predicted molar refractivity (Wildman–Crippen MR) is 15.9 cm³/mol. The average molecular weight is 151 g/mol. The van der Waals surface area contributed by atoms with Crippen LogP contribution in [-0.4, -0.2) is 6.29 Å². The summed E-state index contributed by atoms with van der Waals surface area (Å²) in [6, 6.07) is 0. The van der Waals surface area contributed by atoms with Gasteiger partial charge in [-0.1, -0.05) is 0 Å². The van der Waals surface area contributed by atoms with Crippen molar-refractivity contribution >= 4 is 6.29 Å². The molecule has 0 aromatic carbocycles. The molecule has 0 aliphatic carbocycles. The summed E-state index contributed by atoms with van der Waals surface area (Å²) < 4.78 is 0. The van der Waals surface area contributed by atoms with E-state index in [2.05, 4.69) is 6.58 Å². The maximum Gasteiger partial charge on any atom is 0 e. The van der Waals surface area contributed by atoms with Crippen LogP contribution in [0.15, 0.2) is 12.7 Å². The van der Waals surface area contributed by atoms with Gasteiger partial charge in [0.05, 0.1) is 0 Å². The Bertz CT molecular complexity index is 29.8. The van der Waals surface area contributed by atoms with E-state index in [4.69, 9.17) is 4.79 Å². The third kappa shape index (κ3) is 21.1. The largest absolute Gasteiger partial charge is 0.419 e. The van der Waals surface area contributed by atoms with E-state index < -0.39 is 0 Å². The van der Waals surface area contributed by atoms with Crippen molar-refractivity contribution in [1.82, 2.24) is 0 Å². The number of hydrogen-bond donors (Lipinski definition) is 0. The van der Waals surface area contributed by atoms with E-state index in [0.29, 0.717) is 0 Å². The zero-order valence-corrected chi connectivity index (χ0v) is 6.32. The maximum atomic E-state index is 8.93. The molecular weight excluding hydrogens is 148 g/mol. The molecule has 30 valence electrons. The van der Waals surface area contributed by atoms with Crippen molar-refractivity contribution in [2.45, 2.75) is 0 Å². The first kappa shape index (κ1) is 15.8. The average Bonchev–Trinajstić information content (AvgIpc) is 1.37. The first-order valence-electron chi connectivity index (χ1n) is 0.901. The SMILES string of the molecule is C=C[C-]=O.[Ti].[Ti]. The Hall–Kier alpha value is 0.839. The van der Waals surface area contributed by atoms with Crippen molar-refractivity contribution in [2.24, 2.45) is 0 Å². The third-order valence-electron chi connectivity index (χ3n) is 0.0833. The summed E-state index contributed by atoms with van der Waals surface area (Å²) in [6.07, 6.45) is 2.51. The molecule has 0 radical (unpaired) electrons. The normalized spacial score (nSPS) is 3.33. The topological polar surface area (TPSA) is 17.1 Å². The van der Waals surface area contributed by atoms with E-state index in [-0.39, 0.29) is 43.4 Å². The smallest absolute Gasteiger partial charge is 0 e. The van der Waals surface area contributed by atoms with Gasteiger partial charge in [0.1, 0.15) is 0 Å². The fourth-order valence-electron chi connectivity index (χ4n) is 0. The first-order chi connectivity index (χ1) is 1.91. The molecular formula is C3H3OTi2-. The van der Waals surface area contributed by atoms with Crippen LogP contribution in [-0.2, 0) is 48.2 Å². The minimum atomic E-state index is 0. The summed E-state index contributed by atoms with van der Waals surface area (Å²) in [4.78, 5) is 8.93. The third-order valence-corrected chi connectivity index (χ3v) is 0.0833. The minimum absolute atomic E-state index is 0. The molecule has 0 spiro atoms. The maximum absolute atomic E-state index is 8.93. The fraction of sp³-hybridized carbons (Fsp3) is 0. The predicted octanol–water partition coefficient (Wildman–Crippen LogP) is 0.277. The Kier molecular flexibility index (Phi) is 44.7. The summed E-state index contributed by atoms with van der Waals surface area (Å²) in [6.45, 7) is 3.06. The van der Waals surface area contributed by atoms with E-state index in [0.717, 1.165) is 6.08 Å². The van der Waals surface area contributed by atoms with Gasteiger partial charge in [-0.15, -0.1) is 0 Å². The van der Waals surface area contributed by atoms with E-state index in [1.807, 2.05) is 0 Å². The summed E-state index contributed by atoms with van der Waals surface area (Å²) >= 11 is 0. The van der Waals surface area contributed by atoms with Crippen LogP contribution < -0.4 is 0 Å². The molecule has 0 aromatic heterocycles. The van der Waals surface area contributed by atoms with Crippen molar-refractivity contribution in [3.63, 3.8) is 0 Å². The van der Waals surface area contributed by atoms with Gasteiger partial charge in [0, 0.05) is 43.4 Å². The summed E-state index contributed by atoms with van der Waals surface area (Å²) in [5.74, 6) is 0. The van der Waals surface area contributed by atoms with Gasteiger partial charge in [-0.25, -0.2) is 12.7 Å². The van der Waals surface area contributed by atoms with Crippen LogP contribution in [0.2, 0.25) is 0 Å². The molecule has 0 atom stereocenters. The van der Waals surface area contributed by atoms with Crippen LogP contribution in [0.3, 0.4) is 0 Å². The Labute approximate surface area is 67.0 Å². The first-order valence-corrected chi connectivity index (χ1v) is 0.901. The van der Waals surface area contributed by atoms with E-state index in [9.17, 15) is 0 Å². The van der Waals surface area contributed by atoms with Gasteiger partial charge in [0.25, 0.3) is 0 Å². The Morgan fingerprint density at radius 2 is 1.67 bits per heavy atom. The van der Waals surface area contributed by atoms with Crippen LogP contribution in [0.1, 0.15) is 0 Å². The van der Waals surface area contributed by atoms with Gasteiger partial charge in [0.2, 0.25) is 0 Å². The van der Waals surface area contributed by atoms with Crippen molar-refractivity contribution in [2.75, 3.05) is 0 Å². The van der Waals surface area contributed by atoms with Gasteiger partial charge in [-0.3, -0.25) is 0 Å². The molecule has 0 aliphatic rings. The van der Waals surface area contributed by atoms with Crippen LogP contribution in [0.5, 0.6) is 0 Å². The van der Waals surface area contributed by atoms with Crippen LogP contribution in [0.25, 0.3) is 0 Å². The monoisotopic (exact) mass is 151 g/mol.